The van der Waals surface area contributed by atoms with E-state index in [-0.39, 0.29) is 0 Å². The van der Waals surface area contributed by atoms with Crippen LogP contribution < -0.4 is 5.32 Å². The molecule has 1 N–H and O–H groups in total. The zero-order chi connectivity index (χ0) is 12.3. The highest BCUT2D eigenvalue weighted by Crippen LogP contribution is 2.30. The van der Waals surface area contributed by atoms with Crippen LogP contribution in [0.5, 0.6) is 0 Å². The van der Waals surface area contributed by atoms with Gasteiger partial charge in [-0.25, -0.2) is 4.98 Å². The van der Waals surface area contributed by atoms with Gasteiger partial charge in [0.1, 0.15) is 0 Å². The van der Waals surface area contributed by atoms with Crippen LogP contribution in [0, 0.1) is 11.8 Å². The van der Waals surface area contributed by atoms with Crippen molar-refractivity contribution >= 4 is 33.2 Å². The van der Waals surface area contributed by atoms with Crippen molar-refractivity contribution < 1.29 is 0 Å². The number of rotatable bonds is 3. The molecular weight excluding hydrogens is 300 g/mol. The summed E-state index contributed by atoms with van der Waals surface area (Å²) in [7, 11) is 0. The Hall–Kier alpha value is -0.280. The van der Waals surface area contributed by atoms with Crippen molar-refractivity contribution in [3.63, 3.8) is 0 Å². The normalized spacial score (nSPS) is 24.6. The maximum Gasteiger partial charge on any atom is 0.152 e. The zero-order valence-corrected chi connectivity index (χ0v) is 12.4. The summed E-state index contributed by atoms with van der Waals surface area (Å²) in [5.41, 5.74) is 0.930. The fraction of sp³-hybridized carbons (Fsp3) is 0.615. The van der Waals surface area contributed by atoms with Gasteiger partial charge in [-0.15, -0.1) is 0 Å². The maximum absolute atomic E-state index is 6.05. The Balaban J connectivity index is 1.90. The second-order valence-corrected chi connectivity index (χ2v) is 6.28. The Labute approximate surface area is 116 Å². The van der Waals surface area contributed by atoms with E-state index in [1.165, 1.54) is 25.7 Å². The van der Waals surface area contributed by atoms with Gasteiger partial charge in [-0.05, 0) is 46.7 Å². The summed E-state index contributed by atoms with van der Waals surface area (Å²) in [5.74, 6) is 1.64. The molecule has 0 radical (unpaired) electrons. The standard InChI is InChI=1S/C13H18BrClN2/c1-9-3-2-4-10(5-9)7-16-12-6-11(14)8-17-13(12)15/h6,8-10,16H,2-5,7H2,1H3. The summed E-state index contributed by atoms with van der Waals surface area (Å²) in [5, 5.41) is 3.97. The molecule has 1 saturated carbocycles. The van der Waals surface area contributed by atoms with Crippen molar-refractivity contribution in [2.24, 2.45) is 11.8 Å². The first-order valence-electron chi connectivity index (χ1n) is 6.20. The van der Waals surface area contributed by atoms with E-state index in [2.05, 4.69) is 33.2 Å². The number of anilines is 1. The molecule has 1 aliphatic rings. The van der Waals surface area contributed by atoms with Crippen molar-refractivity contribution in [3.05, 3.63) is 21.9 Å². The third-order valence-corrected chi connectivity index (χ3v) is 4.17. The molecule has 4 heteroatoms. The smallest absolute Gasteiger partial charge is 0.152 e. The molecule has 94 valence electrons. The highest BCUT2D eigenvalue weighted by atomic mass is 79.9. The minimum Gasteiger partial charge on any atom is -0.382 e. The topological polar surface area (TPSA) is 24.9 Å². The van der Waals surface area contributed by atoms with Gasteiger partial charge in [0.15, 0.2) is 5.15 Å². The highest BCUT2D eigenvalue weighted by molar-refractivity contribution is 9.10. The van der Waals surface area contributed by atoms with Gasteiger partial charge in [0.05, 0.1) is 5.69 Å². The minimum absolute atomic E-state index is 0.553. The average molecular weight is 318 g/mol. The highest BCUT2D eigenvalue weighted by Gasteiger charge is 2.18. The van der Waals surface area contributed by atoms with Crippen molar-refractivity contribution in [2.45, 2.75) is 32.6 Å². The fourth-order valence-electron chi connectivity index (χ4n) is 2.55. The minimum atomic E-state index is 0.553. The molecule has 0 aromatic carbocycles. The Morgan fingerprint density at radius 1 is 1.53 bits per heavy atom. The van der Waals surface area contributed by atoms with Crippen LogP contribution in [0.4, 0.5) is 5.69 Å². The van der Waals surface area contributed by atoms with Crippen molar-refractivity contribution in [2.75, 3.05) is 11.9 Å². The van der Waals surface area contributed by atoms with Crippen LogP contribution >= 0.6 is 27.5 Å². The SMILES string of the molecule is CC1CCCC(CNc2cc(Br)cnc2Cl)C1. The third-order valence-electron chi connectivity index (χ3n) is 3.43. The average Bonchev–Trinajstić information content (AvgIpc) is 2.30. The lowest BCUT2D eigenvalue weighted by molar-refractivity contribution is 0.293. The van der Waals surface area contributed by atoms with Gasteiger partial charge in [0.25, 0.3) is 0 Å². The van der Waals surface area contributed by atoms with Gasteiger partial charge in [0, 0.05) is 17.2 Å². The Bertz CT molecular complexity index is 384. The number of nitrogens with one attached hydrogen (secondary N) is 1. The predicted octanol–water partition coefficient (Wildman–Crippen LogP) is 4.74. The number of halogens is 2. The lowest BCUT2D eigenvalue weighted by Crippen LogP contribution is -2.21. The molecule has 2 nitrogen and oxygen atoms in total. The molecule has 1 fully saturated rings. The van der Waals surface area contributed by atoms with Crippen molar-refractivity contribution in [1.82, 2.24) is 4.98 Å². The second-order valence-electron chi connectivity index (χ2n) is 5.01. The summed E-state index contributed by atoms with van der Waals surface area (Å²) in [4.78, 5) is 4.11. The number of pyridine rings is 1. The van der Waals surface area contributed by atoms with E-state index in [0.29, 0.717) is 5.15 Å². The van der Waals surface area contributed by atoms with E-state index in [1.54, 1.807) is 6.20 Å². The Morgan fingerprint density at radius 3 is 3.12 bits per heavy atom. The second kappa shape index (κ2) is 6.05. The molecule has 2 rings (SSSR count). The van der Waals surface area contributed by atoms with Crippen LogP contribution in [0.15, 0.2) is 16.7 Å². The van der Waals surface area contributed by atoms with Gasteiger partial charge < -0.3 is 5.32 Å². The van der Waals surface area contributed by atoms with Gasteiger partial charge in [0.2, 0.25) is 0 Å². The zero-order valence-electron chi connectivity index (χ0n) is 10.0. The first-order valence-corrected chi connectivity index (χ1v) is 7.37. The number of nitrogens with zero attached hydrogens (tertiary/aromatic N) is 1. The van der Waals surface area contributed by atoms with E-state index in [0.717, 1.165) is 28.5 Å². The summed E-state index contributed by atoms with van der Waals surface area (Å²) >= 11 is 9.46. The van der Waals surface area contributed by atoms with Crippen LogP contribution in [0.2, 0.25) is 5.15 Å². The number of hydrogen-bond acceptors (Lipinski definition) is 2. The maximum atomic E-state index is 6.05. The lowest BCUT2D eigenvalue weighted by atomic mass is 9.82. The molecule has 1 aromatic heterocycles. The molecule has 0 bridgehead atoms. The molecule has 0 aliphatic heterocycles. The van der Waals surface area contributed by atoms with Crippen molar-refractivity contribution in [3.8, 4) is 0 Å². The van der Waals surface area contributed by atoms with Gasteiger partial charge in [-0.2, -0.15) is 0 Å². The predicted molar refractivity (Wildman–Crippen MR) is 76.6 cm³/mol. The summed E-state index contributed by atoms with van der Waals surface area (Å²) in [6, 6.07) is 1.99. The van der Waals surface area contributed by atoms with E-state index in [4.69, 9.17) is 11.6 Å². The van der Waals surface area contributed by atoms with Crippen LogP contribution in [-0.4, -0.2) is 11.5 Å². The molecule has 1 heterocycles. The molecule has 2 unspecified atom stereocenters. The number of aromatic nitrogens is 1. The van der Waals surface area contributed by atoms with Crippen molar-refractivity contribution in [1.29, 1.82) is 0 Å². The first-order chi connectivity index (χ1) is 8.15. The van der Waals surface area contributed by atoms with Crippen LogP contribution in [-0.2, 0) is 0 Å². The van der Waals surface area contributed by atoms with E-state index < -0.39 is 0 Å². The molecule has 0 spiro atoms. The fourth-order valence-corrected chi connectivity index (χ4v) is 3.05. The lowest BCUT2D eigenvalue weighted by Gasteiger charge is -2.27. The van der Waals surface area contributed by atoms with Gasteiger partial charge >= 0.3 is 0 Å². The molecule has 17 heavy (non-hydrogen) atoms. The molecular formula is C13H18BrClN2. The summed E-state index contributed by atoms with van der Waals surface area (Å²) in [6.45, 7) is 3.35. The van der Waals surface area contributed by atoms with Crippen LogP contribution in [0.25, 0.3) is 0 Å². The van der Waals surface area contributed by atoms with Gasteiger partial charge in [-0.3, -0.25) is 0 Å². The van der Waals surface area contributed by atoms with E-state index >= 15 is 0 Å². The quantitative estimate of drug-likeness (QED) is 0.815. The van der Waals surface area contributed by atoms with Crippen LogP contribution in [0.3, 0.4) is 0 Å². The molecule has 0 amide bonds. The Morgan fingerprint density at radius 2 is 2.35 bits per heavy atom. The largest absolute Gasteiger partial charge is 0.382 e. The third kappa shape index (κ3) is 3.85. The van der Waals surface area contributed by atoms with E-state index in [1.807, 2.05) is 6.07 Å². The van der Waals surface area contributed by atoms with Gasteiger partial charge in [-0.1, -0.05) is 31.4 Å². The summed E-state index contributed by atoms with van der Waals surface area (Å²) in [6.07, 6.45) is 7.12. The Kier molecular flexibility index (Phi) is 4.69. The van der Waals surface area contributed by atoms with Crippen LogP contribution in [0.1, 0.15) is 32.6 Å². The molecule has 2 atom stereocenters. The van der Waals surface area contributed by atoms with E-state index in [9.17, 15) is 0 Å². The monoisotopic (exact) mass is 316 g/mol. The number of hydrogen-bond donors (Lipinski definition) is 1. The summed E-state index contributed by atoms with van der Waals surface area (Å²) < 4.78 is 0.960. The first kappa shape index (κ1) is 13.2. The molecule has 1 aromatic rings. The molecule has 1 aliphatic carbocycles. The molecule has 0 saturated heterocycles.